The van der Waals surface area contributed by atoms with Crippen LogP contribution in [0.15, 0.2) is 48.5 Å². The van der Waals surface area contributed by atoms with Gasteiger partial charge in [0.2, 0.25) is 11.8 Å². The van der Waals surface area contributed by atoms with E-state index in [1.54, 1.807) is 11.8 Å². The highest BCUT2D eigenvalue weighted by Crippen LogP contribution is 2.18. The van der Waals surface area contributed by atoms with Crippen LogP contribution >= 0.6 is 11.8 Å². The van der Waals surface area contributed by atoms with Gasteiger partial charge in [-0.2, -0.15) is 0 Å². The molecule has 4 nitrogen and oxygen atoms in total. The zero-order chi connectivity index (χ0) is 18.4. The van der Waals surface area contributed by atoms with Gasteiger partial charge in [0.15, 0.2) is 0 Å². The molecule has 1 saturated heterocycles. The summed E-state index contributed by atoms with van der Waals surface area (Å²) in [5.74, 6) is 1.46. The van der Waals surface area contributed by atoms with E-state index < -0.39 is 0 Å². The number of hydrogen-bond donors (Lipinski definition) is 1. The quantitative estimate of drug-likeness (QED) is 0.804. The molecular weight excluding hydrogens is 344 g/mol. The molecule has 26 heavy (non-hydrogen) atoms. The van der Waals surface area contributed by atoms with E-state index in [1.807, 2.05) is 35.2 Å². The molecule has 2 aromatic rings. The van der Waals surface area contributed by atoms with Gasteiger partial charge < -0.3 is 10.2 Å². The van der Waals surface area contributed by atoms with E-state index >= 15 is 0 Å². The predicted octanol–water partition coefficient (Wildman–Crippen LogP) is 3.99. The number of thioether (sulfide) groups is 1. The Labute approximate surface area is 159 Å². The first-order valence-corrected chi connectivity index (χ1v) is 10.1. The molecule has 2 amide bonds. The van der Waals surface area contributed by atoms with Crippen molar-refractivity contribution in [1.29, 1.82) is 0 Å². The molecule has 0 aliphatic carbocycles. The zero-order valence-corrected chi connectivity index (χ0v) is 15.8. The Hall–Kier alpha value is -2.27. The van der Waals surface area contributed by atoms with E-state index in [2.05, 4.69) is 30.4 Å². The van der Waals surface area contributed by atoms with E-state index in [0.717, 1.165) is 30.0 Å². The van der Waals surface area contributed by atoms with Gasteiger partial charge in [0, 0.05) is 31.0 Å². The molecule has 0 atom stereocenters. The van der Waals surface area contributed by atoms with E-state index in [-0.39, 0.29) is 11.8 Å². The van der Waals surface area contributed by atoms with Gasteiger partial charge in [-0.3, -0.25) is 9.59 Å². The van der Waals surface area contributed by atoms with Crippen molar-refractivity contribution in [1.82, 2.24) is 4.90 Å². The number of aryl methyl sites for hydroxylation is 1. The summed E-state index contributed by atoms with van der Waals surface area (Å²) in [6.45, 7) is 3.51. The molecule has 136 valence electrons. The van der Waals surface area contributed by atoms with Crippen molar-refractivity contribution >= 4 is 29.3 Å². The maximum atomic E-state index is 12.2. The second kappa shape index (κ2) is 8.90. The summed E-state index contributed by atoms with van der Waals surface area (Å²) in [5, 5.41) is 2.95. The largest absolute Gasteiger partial charge is 0.338 e. The molecule has 1 aliphatic heterocycles. The van der Waals surface area contributed by atoms with Gasteiger partial charge in [-0.15, -0.1) is 11.8 Å². The van der Waals surface area contributed by atoms with Crippen LogP contribution in [0.5, 0.6) is 0 Å². The monoisotopic (exact) mass is 368 g/mol. The Morgan fingerprint density at radius 3 is 2.73 bits per heavy atom. The van der Waals surface area contributed by atoms with Crippen LogP contribution in [-0.2, 0) is 21.9 Å². The molecule has 0 bridgehead atoms. The lowest BCUT2D eigenvalue weighted by molar-refractivity contribution is -0.128. The standard InChI is InChI=1S/C21H24N2O2S/c1-16-5-2-7-18(11-16)14-26-15-20(24)22-19-8-3-6-17(12-19)13-23-10-4-9-21(23)25/h2-3,5-8,11-12H,4,9-10,13-15H2,1H3,(H,22,24). The maximum absolute atomic E-state index is 12.2. The Balaban J connectivity index is 1.48. The summed E-state index contributed by atoms with van der Waals surface area (Å²) in [5.41, 5.74) is 4.31. The molecule has 1 heterocycles. The third-order valence-corrected chi connectivity index (χ3v) is 5.34. The highest BCUT2D eigenvalue weighted by Gasteiger charge is 2.20. The molecule has 0 spiro atoms. The zero-order valence-electron chi connectivity index (χ0n) is 15.0. The average Bonchev–Trinajstić information content (AvgIpc) is 3.00. The van der Waals surface area contributed by atoms with E-state index in [9.17, 15) is 9.59 Å². The number of likely N-dealkylation sites (tertiary alicyclic amines) is 1. The van der Waals surface area contributed by atoms with Crippen molar-refractivity contribution in [3.8, 4) is 0 Å². The van der Waals surface area contributed by atoms with Crippen LogP contribution in [0.2, 0.25) is 0 Å². The number of carbonyl (C=O) groups is 2. The van der Waals surface area contributed by atoms with Crippen molar-refractivity contribution < 1.29 is 9.59 Å². The van der Waals surface area contributed by atoms with Gasteiger partial charge in [-0.05, 0) is 36.6 Å². The first-order valence-electron chi connectivity index (χ1n) is 8.90. The predicted molar refractivity (Wildman–Crippen MR) is 107 cm³/mol. The van der Waals surface area contributed by atoms with Crippen LogP contribution in [0.1, 0.15) is 29.5 Å². The number of amides is 2. The molecule has 1 N–H and O–H groups in total. The van der Waals surface area contributed by atoms with Crippen molar-refractivity contribution in [2.75, 3.05) is 17.6 Å². The number of hydrogen-bond acceptors (Lipinski definition) is 3. The van der Waals surface area contributed by atoms with E-state index in [0.29, 0.717) is 18.7 Å². The Kier molecular flexibility index (Phi) is 6.34. The number of rotatable bonds is 7. The van der Waals surface area contributed by atoms with Crippen molar-refractivity contribution in [3.63, 3.8) is 0 Å². The molecule has 5 heteroatoms. The third kappa shape index (κ3) is 5.36. The minimum absolute atomic E-state index is 0.00273. The van der Waals surface area contributed by atoms with Crippen LogP contribution in [0.4, 0.5) is 5.69 Å². The first kappa shape index (κ1) is 18.5. The molecule has 2 aromatic carbocycles. The highest BCUT2D eigenvalue weighted by atomic mass is 32.2. The minimum atomic E-state index is -0.00273. The van der Waals surface area contributed by atoms with Crippen molar-refractivity contribution in [3.05, 3.63) is 65.2 Å². The fourth-order valence-corrected chi connectivity index (χ4v) is 3.87. The van der Waals surface area contributed by atoms with Gasteiger partial charge in [0.25, 0.3) is 0 Å². The lowest BCUT2D eigenvalue weighted by atomic mass is 10.2. The summed E-state index contributed by atoms with van der Waals surface area (Å²) < 4.78 is 0. The molecule has 0 unspecified atom stereocenters. The molecule has 1 fully saturated rings. The summed E-state index contributed by atoms with van der Waals surface area (Å²) in [6.07, 6.45) is 1.59. The molecule has 0 radical (unpaired) electrons. The number of anilines is 1. The summed E-state index contributed by atoms with van der Waals surface area (Å²) in [7, 11) is 0. The van der Waals surface area contributed by atoms with Gasteiger partial charge in [0.05, 0.1) is 5.75 Å². The lowest BCUT2D eigenvalue weighted by Gasteiger charge is -2.16. The SMILES string of the molecule is Cc1cccc(CSCC(=O)Nc2cccc(CN3CCCC3=O)c2)c1. The normalized spacial score (nSPS) is 13.9. The van der Waals surface area contributed by atoms with E-state index in [1.165, 1.54) is 11.1 Å². The summed E-state index contributed by atoms with van der Waals surface area (Å²) in [4.78, 5) is 25.8. The second-order valence-electron chi connectivity index (χ2n) is 6.65. The Morgan fingerprint density at radius 2 is 1.96 bits per heavy atom. The second-order valence-corrected chi connectivity index (χ2v) is 7.63. The number of nitrogens with one attached hydrogen (secondary N) is 1. The first-order chi connectivity index (χ1) is 12.6. The van der Waals surface area contributed by atoms with Gasteiger partial charge in [-0.1, -0.05) is 42.0 Å². The Morgan fingerprint density at radius 1 is 1.15 bits per heavy atom. The van der Waals surface area contributed by atoms with Crippen molar-refractivity contribution in [2.24, 2.45) is 0 Å². The van der Waals surface area contributed by atoms with Crippen LogP contribution in [-0.4, -0.2) is 29.0 Å². The Bertz CT molecular complexity index is 791. The third-order valence-electron chi connectivity index (χ3n) is 4.34. The summed E-state index contributed by atoms with van der Waals surface area (Å²) >= 11 is 1.61. The minimum Gasteiger partial charge on any atom is -0.338 e. The summed E-state index contributed by atoms with van der Waals surface area (Å²) in [6, 6.07) is 16.1. The van der Waals surface area contributed by atoms with Crippen LogP contribution in [0.3, 0.4) is 0 Å². The van der Waals surface area contributed by atoms with Crippen LogP contribution < -0.4 is 5.32 Å². The fraction of sp³-hybridized carbons (Fsp3) is 0.333. The fourth-order valence-electron chi connectivity index (χ4n) is 3.10. The lowest BCUT2D eigenvalue weighted by Crippen LogP contribution is -2.23. The van der Waals surface area contributed by atoms with Gasteiger partial charge in [0.1, 0.15) is 0 Å². The molecule has 1 aliphatic rings. The highest BCUT2D eigenvalue weighted by molar-refractivity contribution is 7.99. The maximum Gasteiger partial charge on any atom is 0.234 e. The molecular formula is C21H24N2O2S. The number of benzene rings is 2. The molecule has 3 rings (SSSR count). The molecule has 0 aromatic heterocycles. The topological polar surface area (TPSA) is 49.4 Å². The van der Waals surface area contributed by atoms with Gasteiger partial charge in [-0.25, -0.2) is 0 Å². The average molecular weight is 369 g/mol. The van der Waals surface area contributed by atoms with Gasteiger partial charge >= 0.3 is 0 Å². The van der Waals surface area contributed by atoms with E-state index in [4.69, 9.17) is 0 Å². The number of nitrogens with zero attached hydrogens (tertiary/aromatic N) is 1. The molecule has 0 saturated carbocycles. The number of carbonyl (C=O) groups excluding carboxylic acids is 2. The van der Waals surface area contributed by atoms with Crippen molar-refractivity contribution in [2.45, 2.75) is 32.1 Å². The van der Waals surface area contributed by atoms with Crippen LogP contribution in [0, 0.1) is 6.92 Å². The van der Waals surface area contributed by atoms with Crippen LogP contribution in [0.25, 0.3) is 0 Å². The smallest absolute Gasteiger partial charge is 0.234 e.